The lowest BCUT2D eigenvalue weighted by molar-refractivity contribution is -0.136. The van der Waals surface area contributed by atoms with Crippen molar-refractivity contribution in [2.24, 2.45) is 4.99 Å². The van der Waals surface area contributed by atoms with Gasteiger partial charge in [-0.05, 0) is 43.2 Å². The van der Waals surface area contributed by atoms with E-state index >= 15 is 0 Å². The molecule has 3 aromatic rings. The first-order valence-corrected chi connectivity index (χ1v) is 11.3. The van der Waals surface area contributed by atoms with Crippen molar-refractivity contribution in [3.63, 3.8) is 0 Å². The average molecular weight is 461 g/mol. The SMILES string of the molecule is C=CCOc1ccc(/C=c2\sc3n(c2=O)[C@@H](c2ccc(C)cc2)C(C(=O)OC)=C(C)N=3)cc1. The van der Waals surface area contributed by atoms with Crippen molar-refractivity contribution in [1.29, 1.82) is 0 Å². The fraction of sp³-hybridized carbons (Fsp3) is 0.192. The molecule has 0 fully saturated rings. The molecule has 4 rings (SSSR count). The Balaban J connectivity index is 1.85. The van der Waals surface area contributed by atoms with E-state index in [1.807, 2.05) is 61.5 Å². The molecule has 6 nitrogen and oxygen atoms in total. The summed E-state index contributed by atoms with van der Waals surface area (Å²) in [7, 11) is 1.34. The van der Waals surface area contributed by atoms with Crippen LogP contribution in [0.15, 0.2) is 82.2 Å². The number of hydrogen-bond acceptors (Lipinski definition) is 6. The van der Waals surface area contributed by atoms with E-state index in [4.69, 9.17) is 9.47 Å². The maximum Gasteiger partial charge on any atom is 0.338 e. The Morgan fingerprint density at radius 3 is 2.48 bits per heavy atom. The van der Waals surface area contributed by atoms with E-state index in [-0.39, 0.29) is 5.56 Å². The summed E-state index contributed by atoms with van der Waals surface area (Å²) in [5.74, 6) is 0.234. The molecule has 0 N–H and O–H groups in total. The number of esters is 1. The Bertz CT molecular complexity index is 1410. The second-order valence-electron chi connectivity index (χ2n) is 7.65. The number of methoxy groups -OCH3 is 1. The summed E-state index contributed by atoms with van der Waals surface area (Å²) in [5.41, 5.74) is 3.49. The lowest BCUT2D eigenvalue weighted by atomic mass is 9.95. The minimum atomic E-state index is -0.605. The monoisotopic (exact) mass is 460 g/mol. The third-order valence-corrected chi connectivity index (χ3v) is 6.35. The Hall–Kier alpha value is -3.71. The fourth-order valence-electron chi connectivity index (χ4n) is 3.72. The lowest BCUT2D eigenvalue weighted by Crippen LogP contribution is -2.39. The number of aryl methyl sites for hydroxylation is 1. The molecule has 0 radical (unpaired) electrons. The molecule has 0 amide bonds. The summed E-state index contributed by atoms with van der Waals surface area (Å²) in [5, 5.41) is 0. The molecule has 1 aliphatic heterocycles. The highest BCUT2D eigenvalue weighted by Crippen LogP contribution is 2.30. The third-order valence-electron chi connectivity index (χ3n) is 5.37. The molecular weight excluding hydrogens is 436 g/mol. The van der Waals surface area contributed by atoms with Crippen LogP contribution in [0.1, 0.15) is 29.7 Å². The number of benzene rings is 2. The standard InChI is InChI=1S/C26H24N2O4S/c1-5-14-32-20-12-8-18(9-13-20)15-21-24(29)28-23(19-10-6-16(2)7-11-19)22(25(30)31-4)17(3)27-26(28)33-21/h5-13,15,23H,1,14H2,2-4H3/b21-15-/t23-/m0/s1. The summed E-state index contributed by atoms with van der Waals surface area (Å²) >= 11 is 1.30. The first-order valence-electron chi connectivity index (χ1n) is 10.4. The summed E-state index contributed by atoms with van der Waals surface area (Å²) in [6.07, 6.45) is 3.51. The molecule has 33 heavy (non-hydrogen) atoms. The molecule has 0 aliphatic carbocycles. The van der Waals surface area contributed by atoms with Crippen molar-refractivity contribution in [2.75, 3.05) is 13.7 Å². The molecule has 2 aromatic carbocycles. The van der Waals surface area contributed by atoms with Crippen molar-refractivity contribution in [3.05, 3.63) is 109 Å². The van der Waals surface area contributed by atoms with Crippen LogP contribution >= 0.6 is 11.3 Å². The number of carbonyl (C=O) groups excluding carboxylic acids is 1. The second kappa shape index (κ2) is 9.42. The first-order chi connectivity index (χ1) is 15.9. The van der Waals surface area contributed by atoms with E-state index in [0.29, 0.717) is 27.2 Å². The van der Waals surface area contributed by atoms with Crippen LogP contribution < -0.4 is 19.6 Å². The van der Waals surface area contributed by atoms with E-state index < -0.39 is 12.0 Å². The van der Waals surface area contributed by atoms with E-state index in [1.165, 1.54) is 18.4 Å². The van der Waals surface area contributed by atoms with Crippen molar-refractivity contribution >= 4 is 23.4 Å². The van der Waals surface area contributed by atoms with Gasteiger partial charge in [0.15, 0.2) is 4.80 Å². The predicted octanol–water partition coefficient (Wildman–Crippen LogP) is 3.28. The van der Waals surface area contributed by atoms with Gasteiger partial charge in [-0.25, -0.2) is 9.79 Å². The zero-order chi connectivity index (χ0) is 23.5. The summed E-state index contributed by atoms with van der Waals surface area (Å²) in [6.45, 7) is 7.83. The van der Waals surface area contributed by atoms with Crippen molar-refractivity contribution in [1.82, 2.24) is 4.57 Å². The molecule has 0 unspecified atom stereocenters. The van der Waals surface area contributed by atoms with Gasteiger partial charge >= 0.3 is 5.97 Å². The molecule has 0 saturated carbocycles. The fourth-order valence-corrected chi connectivity index (χ4v) is 4.77. The van der Waals surface area contributed by atoms with Gasteiger partial charge in [-0.2, -0.15) is 0 Å². The van der Waals surface area contributed by atoms with Gasteiger partial charge in [0.2, 0.25) is 0 Å². The van der Waals surface area contributed by atoms with E-state index in [1.54, 1.807) is 17.6 Å². The maximum absolute atomic E-state index is 13.5. The van der Waals surface area contributed by atoms with E-state index in [2.05, 4.69) is 11.6 Å². The molecule has 0 spiro atoms. The quantitative estimate of drug-likeness (QED) is 0.418. The van der Waals surface area contributed by atoms with Crippen LogP contribution in [0.5, 0.6) is 5.75 Å². The Morgan fingerprint density at radius 2 is 1.85 bits per heavy atom. The van der Waals surface area contributed by atoms with Crippen LogP contribution in [0.2, 0.25) is 0 Å². The van der Waals surface area contributed by atoms with Gasteiger partial charge in [0.25, 0.3) is 5.56 Å². The Kier molecular flexibility index (Phi) is 6.42. The van der Waals surface area contributed by atoms with Crippen LogP contribution in [0, 0.1) is 6.92 Å². The normalized spacial score (nSPS) is 15.6. The molecular formula is C26H24N2O4S. The van der Waals surface area contributed by atoms with Gasteiger partial charge in [0.05, 0.1) is 29.0 Å². The number of nitrogens with zero attached hydrogens (tertiary/aromatic N) is 2. The summed E-state index contributed by atoms with van der Waals surface area (Å²) < 4.78 is 12.7. The zero-order valence-corrected chi connectivity index (χ0v) is 19.5. The molecule has 1 atom stereocenters. The molecule has 1 aromatic heterocycles. The molecule has 168 valence electrons. The topological polar surface area (TPSA) is 69.9 Å². The number of rotatable bonds is 6. The highest BCUT2D eigenvalue weighted by Gasteiger charge is 2.32. The number of thiazole rings is 1. The molecule has 0 bridgehead atoms. The minimum Gasteiger partial charge on any atom is -0.490 e. The average Bonchev–Trinajstić information content (AvgIpc) is 3.12. The number of fused-ring (bicyclic) bond motifs is 1. The molecule has 0 saturated heterocycles. The number of carbonyl (C=O) groups is 1. The van der Waals surface area contributed by atoms with Gasteiger partial charge in [0, 0.05) is 0 Å². The Morgan fingerprint density at radius 1 is 1.15 bits per heavy atom. The van der Waals surface area contributed by atoms with Crippen molar-refractivity contribution in [2.45, 2.75) is 19.9 Å². The van der Waals surface area contributed by atoms with Crippen LogP contribution in [0.25, 0.3) is 6.08 Å². The first kappa shape index (κ1) is 22.5. The third kappa shape index (κ3) is 4.45. The van der Waals surface area contributed by atoms with Gasteiger partial charge < -0.3 is 9.47 Å². The van der Waals surface area contributed by atoms with Gasteiger partial charge in [0.1, 0.15) is 12.4 Å². The highest BCUT2D eigenvalue weighted by atomic mass is 32.1. The highest BCUT2D eigenvalue weighted by molar-refractivity contribution is 7.07. The van der Waals surface area contributed by atoms with Crippen molar-refractivity contribution < 1.29 is 14.3 Å². The predicted molar refractivity (Wildman–Crippen MR) is 129 cm³/mol. The molecule has 1 aliphatic rings. The van der Waals surface area contributed by atoms with Crippen LogP contribution in [0.3, 0.4) is 0 Å². The van der Waals surface area contributed by atoms with Crippen molar-refractivity contribution in [3.8, 4) is 5.75 Å². The van der Waals surface area contributed by atoms with E-state index in [9.17, 15) is 9.59 Å². The molecule has 2 heterocycles. The smallest absolute Gasteiger partial charge is 0.338 e. The lowest BCUT2D eigenvalue weighted by Gasteiger charge is -2.24. The van der Waals surface area contributed by atoms with E-state index in [0.717, 1.165) is 22.4 Å². The number of aromatic nitrogens is 1. The summed E-state index contributed by atoms with van der Waals surface area (Å²) in [4.78, 5) is 31.3. The summed E-state index contributed by atoms with van der Waals surface area (Å²) in [6, 6.07) is 14.7. The van der Waals surface area contributed by atoms with Gasteiger partial charge in [-0.3, -0.25) is 9.36 Å². The largest absolute Gasteiger partial charge is 0.490 e. The maximum atomic E-state index is 13.5. The number of allylic oxidation sites excluding steroid dienone is 1. The minimum absolute atomic E-state index is 0.204. The van der Waals surface area contributed by atoms with Crippen LogP contribution in [-0.2, 0) is 9.53 Å². The molecule has 7 heteroatoms. The van der Waals surface area contributed by atoms with Crippen LogP contribution in [0.4, 0.5) is 0 Å². The van der Waals surface area contributed by atoms with Gasteiger partial charge in [-0.15, -0.1) is 0 Å². The zero-order valence-electron chi connectivity index (χ0n) is 18.7. The number of ether oxygens (including phenoxy) is 2. The Labute approximate surface area is 195 Å². The van der Waals surface area contributed by atoms with Gasteiger partial charge in [-0.1, -0.05) is 66.0 Å². The van der Waals surface area contributed by atoms with Crippen LogP contribution in [-0.4, -0.2) is 24.3 Å². The second-order valence-corrected chi connectivity index (χ2v) is 8.66. The number of hydrogen-bond donors (Lipinski definition) is 0.